The number of anilines is 2. The molecule has 3 N–H and O–H groups in total. The number of alkyl halides is 3. The summed E-state index contributed by atoms with van der Waals surface area (Å²) in [5, 5.41) is 18.6. The van der Waals surface area contributed by atoms with Gasteiger partial charge in [0, 0.05) is 36.6 Å². The second kappa shape index (κ2) is 7.99. The highest BCUT2D eigenvalue weighted by atomic mass is 19.4. The number of nitrogens with one attached hydrogen (secondary N) is 2. The van der Waals surface area contributed by atoms with Crippen LogP contribution in [0, 0.1) is 0 Å². The fourth-order valence-electron chi connectivity index (χ4n) is 3.55. The molecule has 162 valence electrons. The number of carbonyl (C=O) groups is 1. The Bertz CT molecular complexity index is 1090. The van der Waals surface area contributed by atoms with Gasteiger partial charge in [0.25, 0.3) is 5.91 Å². The zero-order valence-corrected chi connectivity index (χ0v) is 16.4. The molecule has 8 nitrogen and oxygen atoms in total. The summed E-state index contributed by atoms with van der Waals surface area (Å²) in [5.74, 6) is -0.546. The van der Waals surface area contributed by atoms with E-state index in [-0.39, 0.29) is 24.1 Å². The smallest absolute Gasteiger partial charge is 0.391 e. The van der Waals surface area contributed by atoms with Crippen LogP contribution in [0.25, 0.3) is 11.3 Å². The fourth-order valence-corrected chi connectivity index (χ4v) is 3.55. The van der Waals surface area contributed by atoms with Crippen LogP contribution in [-0.4, -0.2) is 49.9 Å². The van der Waals surface area contributed by atoms with Crippen molar-refractivity contribution in [3.8, 4) is 11.3 Å². The maximum atomic E-state index is 13.5. The van der Waals surface area contributed by atoms with E-state index in [2.05, 4.69) is 25.5 Å². The number of rotatable bonds is 4. The predicted octanol–water partition coefficient (Wildman–Crippen LogP) is 3.10. The van der Waals surface area contributed by atoms with Crippen molar-refractivity contribution in [2.24, 2.45) is 0 Å². The number of hydrogen-bond donors (Lipinski definition) is 3. The molecule has 2 atom stereocenters. The van der Waals surface area contributed by atoms with Crippen LogP contribution >= 0.6 is 0 Å². The highest BCUT2D eigenvalue weighted by Crippen LogP contribution is 2.37. The molecule has 0 radical (unpaired) electrons. The molecule has 31 heavy (non-hydrogen) atoms. The number of aromatic nitrogens is 4. The Morgan fingerprint density at radius 3 is 2.77 bits per heavy atom. The highest BCUT2D eigenvalue weighted by molar-refractivity contribution is 6.03. The van der Waals surface area contributed by atoms with Crippen LogP contribution in [-0.2, 0) is 6.18 Å². The van der Waals surface area contributed by atoms with Crippen LogP contribution in [0.1, 0.15) is 29.4 Å². The number of halogens is 3. The summed E-state index contributed by atoms with van der Waals surface area (Å²) >= 11 is 0. The Kier molecular flexibility index (Phi) is 5.36. The number of nitrogens with zero attached hydrogens (tertiary/aromatic N) is 4. The molecular formula is C20H19F3N6O2. The summed E-state index contributed by atoms with van der Waals surface area (Å²) in [5.41, 5.74) is -0.448. The largest absolute Gasteiger partial charge is 0.419 e. The van der Waals surface area contributed by atoms with Crippen molar-refractivity contribution in [3.05, 3.63) is 54.1 Å². The predicted molar refractivity (Wildman–Crippen MR) is 106 cm³/mol. The number of aliphatic hydroxyl groups is 1. The van der Waals surface area contributed by atoms with Gasteiger partial charge in [0.2, 0.25) is 0 Å². The van der Waals surface area contributed by atoms with Gasteiger partial charge in [0.1, 0.15) is 11.5 Å². The van der Waals surface area contributed by atoms with E-state index in [1.807, 2.05) is 6.92 Å². The third-order valence-corrected chi connectivity index (χ3v) is 5.07. The lowest BCUT2D eigenvalue weighted by Crippen LogP contribution is -2.29. The SMILES string of the molecule is C[C@@H]1C[C@@H](O)CN1c1cc(NC(=O)c2cccc(-c3cn[nH]c3)n2)c(C(F)(F)F)cn1. The minimum absolute atomic E-state index is 0.0462. The first kappa shape index (κ1) is 20.8. The van der Waals surface area contributed by atoms with E-state index in [1.165, 1.54) is 18.3 Å². The lowest BCUT2D eigenvalue weighted by molar-refractivity contribution is -0.137. The Labute approximate surface area is 175 Å². The van der Waals surface area contributed by atoms with E-state index in [4.69, 9.17) is 0 Å². The van der Waals surface area contributed by atoms with Crippen LogP contribution < -0.4 is 10.2 Å². The summed E-state index contributed by atoms with van der Waals surface area (Å²) in [4.78, 5) is 22.6. The van der Waals surface area contributed by atoms with E-state index in [0.29, 0.717) is 23.9 Å². The van der Waals surface area contributed by atoms with Gasteiger partial charge in [-0.15, -0.1) is 0 Å². The number of H-pyrrole nitrogens is 1. The molecule has 0 bridgehead atoms. The lowest BCUT2D eigenvalue weighted by Gasteiger charge is -2.24. The molecule has 4 rings (SSSR count). The average molecular weight is 432 g/mol. The van der Waals surface area contributed by atoms with Crippen LogP contribution in [0.15, 0.2) is 42.9 Å². The van der Waals surface area contributed by atoms with Crippen molar-refractivity contribution in [3.63, 3.8) is 0 Å². The minimum Gasteiger partial charge on any atom is -0.391 e. The number of aromatic amines is 1. The molecule has 1 amide bonds. The molecule has 0 spiro atoms. The monoisotopic (exact) mass is 432 g/mol. The number of β-amino-alcohol motifs (C(OH)–C–C–N with tert-alkyl or cyclic N) is 1. The van der Waals surface area contributed by atoms with Gasteiger partial charge in [0.05, 0.1) is 29.2 Å². The molecule has 0 saturated carbocycles. The van der Waals surface area contributed by atoms with E-state index in [0.717, 1.165) is 0 Å². The molecule has 4 heterocycles. The molecule has 0 aliphatic carbocycles. The van der Waals surface area contributed by atoms with Crippen molar-refractivity contribution in [1.82, 2.24) is 20.2 Å². The Morgan fingerprint density at radius 2 is 2.13 bits per heavy atom. The Balaban J connectivity index is 1.65. The Morgan fingerprint density at radius 1 is 1.32 bits per heavy atom. The summed E-state index contributed by atoms with van der Waals surface area (Å²) in [7, 11) is 0. The maximum Gasteiger partial charge on any atom is 0.419 e. The van der Waals surface area contributed by atoms with Gasteiger partial charge in [-0.25, -0.2) is 9.97 Å². The van der Waals surface area contributed by atoms with Gasteiger partial charge in [-0.1, -0.05) is 6.07 Å². The van der Waals surface area contributed by atoms with Crippen LogP contribution in [0.2, 0.25) is 0 Å². The molecule has 1 saturated heterocycles. The zero-order valence-electron chi connectivity index (χ0n) is 16.4. The summed E-state index contributed by atoms with van der Waals surface area (Å²) < 4.78 is 40.6. The number of carbonyl (C=O) groups excluding carboxylic acids is 1. The third-order valence-electron chi connectivity index (χ3n) is 5.07. The van der Waals surface area contributed by atoms with Crippen molar-refractivity contribution in [2.75, 3.05) is 16.8 Å². The summed E-state index contributed by atoms with van der Waals surface area (Å²) in [6.45, 7) is 2.10. The Hall–Kier alpha value is -3.47. The first-order chi connectivity index (χ1) is 14.7. The van der Waals surface area contributed by atoms with Gasteiger partial charge in [-0.3, -0.25) is 9.89 Å². The highest BCUT2D eigenvalue weighted by Gasteiger charge is 2.36. The summed E-state index contributed by atoms with van der Waals surface area (Å²) in [6.07, 6.45) is -1.02. The van der Waals surface area contributed by atoms with Gasteiger partial charge in [-0.05, 0) is 25.5 Å². The van der Waals surface area contributed by atoms with Crippen LogP contribution in [0.5, 0.6) is 0 Å². The minimum atomic E-state index is -4.71. The van der Waals surface area contributed by atoms with E-state index in [1.54, 1.807) is 23.2 Å². The van der Waals surface area contributed by atoms with Crippen molar-refractivity contribution >= 4 is 17.4 Å². The molecule has 11 heteroatoms. The zero-order chi connectivity index (χ0) is 22.2. The fraction of sp³-hybridized carbons (Fsp3) is 0.300. The third kappa shape index (κ3) is 4.36. The van der Waals surface area contributed by atoms with Gasteiger partial charge in [0.15, 0.2) is 0 Å². The van der Waals surface area contributed by atoms with E-state index < -0.39 is 29.4 Å². The molecular weight excluding hydrogens is 413 g/mol. The first-order valence-electron chi connectivity index (χ1n) is 9.52. The number of amides is 1. The quantitative estimate of drug-likeness (QED) is 0.585. The number of pyridine rings is 2. The van der Waals surface area contributed by atoms with Gasteiger partial charge in [-0.2, -0.15) is 18.3 Å². The molecule has 3 aromatic rings. The molecule has 0 unspecified atom stereocenters. The number of aliphatic hydroxyl groups excluding tert-OH is 1. The average Bonchev–Trinajstić information content (AvgIpc) is 3.37. The topological polar surface area (TPSA) is 107 Å². The van der Waals surface area contributed by atoms with Gasteiger partial charge < -0.3 is 15.3 Å². The van der Waals surface area contributed by atoms with Gasteiger partial charge >= 0.3 is 6.18 Å². The maximum absolute atomic E-state index is 13.5. The van der Waals surface area contributed by atoms with Crippen molar-refractivity contribution < 1.29 is 23.1 Å². The molecule has 0 aromatic carbocycles. The second-order valence-corrected chi connectivity index (χ2v) is 7.33. The normalized spacial score (nSPS) is 18.9. The lowest BCUT2D eigenvalue weighted by atomic mass is 10.2. The number of hydrogen-bond acceptors (Lipinski definition) is 6. The standard InChI is InChI=1S/C20H19F3N6O2/c1-11-5-13(30)10-29(11)18-6-17(14(9-24-18)20(21,22)23)28-19(31)16-4-2-3-15(27-16)12-7-25-26-8-12/h2-4,6-9,11,13,30H,5,10H2,1H3,(H,25,26)(H,24,28,31)/t11-,13-/m1/s1. The van der Waals surface area contributed by atoms with Crippen molar-refractivity contribution in [1.29, 1.82) is 0 Å². The van der Waals surface area contributed by atoms with Crippen LogP contribution in [0.4, 0.5) is 24.7 Å². The molecule has 1 fully saturated rings. The summed E-state index contributed by atoms with van der Waals surface area (Å²) in [6, 6.07) is 5.73. The first-order valence-corrected chi connectivity index (χ1v) is 9.52. The molecule has 3 aromatic heterocycles. The van der Waals surface area contributed by atoms with Crippen molar-refractivity contribution in [2.45, 2.75) is 31.7 Å². The van der Waals surface area contributed by atoms with E-state index >= 15 is 0 Å². The second-order valence-electron chi connectivity index (χ2n) is 7.33. The van der Waals surface area contributed by atoms with Crippen LogP contribution in [0.3, 0.4) is 0 Å². The molecule has 1 aliphatic rings. The molecule has 1 aliphatic heterocycles. The van der Waals surface area contributed by atoms with E-state index in [9.17, 15) is 23.1 Å².